The molecule has 2 aromatic carbocycles. The van der Waals surface area contributed by atoms with Gasteiger partial charge in [-0.2, -0.15) is 0 Å². The topological polar surface area (TPSA) is 0 Å². The molecule has 0 spiro atoms. The second-order valence-electron chi connectivity index (χ2n) is 5.81. The third-order valence-electron chi connectivity index (χ3n) is 4.25. The van der Waals surface area contributed by atoms with Crippen LogP contribution in [0.15, 0.2) is 42.5 Å². The second-order valence-corrected chi connectivity index (χ2v) is 5.81. The Morgan fingerprint density at radius 1 is 0.818 bits per heavy atom. The molecule has 22 heavy (non-hydrogen) atoms. The fraction of sp³-hybridized carbons (Fsp3) is 0.300. The van der Waals surface area contributed by atoms with Gasteiger partial charge >= 0.3 is 0 Å². The summed E-state index contributed by atoms with van der Waals surface area (Å²) in [7, 11) is 0. The van der Waals surface area contributed by atoms with Gasteiger partial charge in [0.2, 0.25) is 0 Å². The second kappa shape index (κ2) is 6.75. The van der Waals surface area contributed by atoms with Crippen LogP contribution < -0.4 is 0 Å². The van der Waals surface area contributed by atoms with Gasteiger partial charge in [-0.05, 0) is 48.6 Å². The highest BCUT2D eigenvalue weighted by atomic mass is 19.1. The van der Waals surface area contributed by atoms with Crippen molar-refractivity contribution in [3.05, 3.63) is 70.8 Å². The Bertz CT molecular complexity index is 678. The maximum atomic E-state index is 14.2. The highest BCUT2D eigenvalue weighted by Crippen LogP contribution is 2.33. The third-order valence-corrected chi connectivity index (χ3v) is 4.25. The highest BCUT2D eigenvalue weighted by Gasteiger charge is 2.18. The van der Waals surface area contributed by atoms with Gasteiger partial charge in [0.15, 0.2) is 0 Å². The summed E-state index contributed by atoms with van der Waals surface area (Å²) in [5, 5.41) is 0. The Hall–Kier alpha value is -2.14. The maximum Gasteiger partial charge on any atom is 0.142 e. The van der Waals surface area contributed by atoms with E-state index in [1.165, 1.54) is 18.6 Å². The van der Waals surface area contributed by atoms with E-state index in [0.717, 1.165) is 36.8 Å². The quantitative estimate of drug-likeness (QED) is 0.617. The number of halogens is 2. The van der Waals surface area contributed by atoms with E-state index in [1.54, 1.807) is 0 Å². The van der Waals surface area contributed by atoms with Crippen molar-refractivity contribution >= 4 is 0 Å². The molecular weight excluding hydrogens is 278 g/mol. The van der Waals surface area contributed by atoms with Gasteiger partial charge in [-0.15, -0.1) is 0 Å². The molecule has 0 saturated heterocycles. The largest absolute Gasteiger partial charge is 0.206 e. The van der Waals surface area contributed by atoms with Crippen molar-refractivity contribution in [1.29, 1.82) is 0 Å². The first-order chi connectivity index (χ1) is 10.7. The molecule has 2 heteroatoms. The smallest absolute Gasteiger partial charge is 0.142 e. The third kappa shape index (κ3) is 3.36. The first kappa shape index (κ1) is 14.8. The Labute approximate surface area is 130 Å². The molecule has 0 heterocycles. The lowest BCUT2D eigenvalue weighted by atomic mass is 9.84. The van der Waals surface area contributed by atoms with Gasteiger partial charge in [-0.1, -0.05) is 49.3 Å². The lowest BCUT2D eigenvalue weighted by molar-refractivity contribution is 0.439. The SMILES string of the molecule is Fc1cc(C2CCCCC2)cc(F)c1C#Cc1ccccc1. The zero-order valence-electron chi connectivity index (χ0n) is 12.4. The number of hydrogen-bond donors (Lipinski definition) is 0. The predicted molar refractivity (Wildman–Crippen MR) is 84.6 cm³/mol. The summed E-state index contributed by atoms with van der Waals surface area (Å²) in [5.41, 5.74) is 1.39. The molecule has 0 amide bonds. The summed E-state index contributed by atoms with van der Waals surface area (Å²) in [4.78, 5) is 0. The number of hydrogen-bond acceptors (Lipinski definition) is 0. The van der Waals surface area contributed by atoms with Gasteiger partial charge in [0.25, 0.3) is 0 Å². The van der Waals surface area contributed by atoms with Crippen molar-refractivity contribution in [2.45, 2.75) is 38.0 Å². The van der Waals surface area contributed by atoms with Gasteiger partial charge in [0, 0.05) is 5.56 Å². The molecule has 112 valence electrons. The molecule has 1 saturated carbocycles. The summed E-state index contributed by atoms with van der Waals surface area (Å²) in [6.07, 6.45) is 5.55. The number of benzene rings is 2. The minimum Gasteiger partial charge on any atom is -0.206 e. The molecule has 1 aliphatic rings. The maximum absolute atomic E-state index is 14.2. The summed E-state index contributed by atoms with van der Waals surface area (Å²) in [6, 6.07) is 12.2. The first-order valence-electron chi connectivity index (χ1n) is 7.80. The molecule has 3 rings (SSSR count). The van der Waals surface area contributed by atoms with Crippen LogP contribution in [0.3, 0.4) is 0 Å². The Morgan fingerprint density at radius 3 is 2.09 bits per heavy atom. The van der Waals surface area contributed by atoms with Gasteiger partial charge in [-0.3, -0.25) is 0 Å². The zero-order chi connectivity index (χ0) is 15.4. The van der Waals surface area contributed by atoms with Gasteiger partial charge in [0.05, 0.1) is 5.56 Å². The van der Waals surface area contributed by atoms with Crippen molar-refractivity contribution in [2.24, 2.45) is 0 Å². The van der Waals surface area contributed by atoms with Crippen LogP contribution in [0.5, 0.6) is 0 Å². The molecule has 0 aromatic heterocycles. The zero-order valence-corrected chi connectivity index (χ0v) is 12.4. The van der Waals surface area contributed by atoms with E-state index in [1.807, 2.05) is 30.3 Å². The van der Waals surface area contributed by atoms with Gasteiger partial charge < -0.3 is 0 Å². The summed E-state index contributed by atoms with van der Waals surface area (Å²) in [5.74, 6) is 4.62. The first-order valence-corrected chi connectivity index (χ1v) is 7.80. The van der Waals surface area contributed by atoms with Crippen LogP contribution in [-0.4, -0.2) is 0 Å². The molecule has 0 radical (unpaired) electrons. The van der Waals surface area contributed by atoms with Crippen molar-refractivity contribution in [3.8, 4) is 11.8 Å². The van der Waals surface area contributed by atoms with E-state index in [-0.39, 0.29) is 11.5 Å². The summed E-state index contributed by atoms with van der Waals surface area (Å²) < 4.78 is 28.5. The average molecular weight is 296 g/mol. The van der Waals surface area contributed by atoms with Crippen LogP contribution in [0.25, 0.3) is 0 Å². The van der Waals surface area contributed by atoms with Crippen LogP contribution in [-0.2, 0) is 0 Å². The minimum absolute atomic E-state index is 0.136. The molecule has 0 bridgehead atoms. The van der Waals surface area contributed by atoms with Gasteiger partial charge in [-0.25, -0.2) is 8.78 Å². The van der Waals surface area contributed by atoms with Gasteiger partial charge in [0.1, 0.15) is 11.6 Å². The van der Waals surface area contributed by atoms with Crippen LogP contribution in [0.4, 0.5) is 8.78 Å². The summed E-state index contributed by atoms with van der Waals surface area (Å²) in [6.45, 7) is 0. The van der Waals surface area contributed by atoms with E-state index in [0.29, 0.717) is 0 Å². The molecule has 0 aliphatic heterocycles. The fourth-order valence-electron chi connectivity index (χ4n) is 3.04. The lowest BCUT2D eigenvalue weighted by Gasteiger charge is -2.22. The molecule has 0 atom stereocenters. The van der Waals surface area contributed by atoms with E-state index in [9.17, 15) is 8.78 Å². The van der Waals surface area contributed by atoms with E-state index in [2.05, 4.69) is 11.8 Å². The average Bonchev–Trinajstić information content (AvgIpc) is 2.56. The van der Waals surface area contributed by atoms with Crippen LogP contribution >= 0.6 is 0 Å². The molecule has 1 aliphatic carbocycles. The van der Waals surface area contributed by atoms with Crippen molar-refractivity contribution in [2.75, 3.05) is 0 Å². The molecule has 2 aromatic rings. The predicted octanol–water partition coefficient (Wildman–Crippen LogP) is 5.41. The van der Waals surface area contributed by atoms with Crippen LogP contribution in [0.1, 0.15) is 54.7 Å². The Balaban J connectivity index is 1.88. The van der Waals surface area contributed by atoms with E-state index in [4.69, 9.17) is 0 Å². The number of rotatable bonds is 1. The molecule has 0 nitrogen and oxygen atoms in total. The fourth-order valence-corrected chi connectivity index (χ4v) is 3.04. The highest BCUT2D eigenvalue weighted by molar-refractivity contribution is 5.45. The lowest BCUT2D eigenvalue weighted by Crippen LogP contribution is -2.06. The van der Waals surface area contributed by atoms with Crippen molar-refractivity contribution < 1.29 is 8.78 Å². The Kier molecular flexibility index (Phi) is 4.53. The molecule has 0 N–H and O–H groups in total. The van der Waals surface area contributed by atoms with Crippen LogP contribution in [0, 0.1) is 23.5 Å². The monoisotopic (exact) mass is 296 g/mol. The standard InChI is InChI=1S/C20H18F2/c21-19-13-17(16-9-5-2-6-10-16)14-20(22)18(19)12-11-15-7-3-1-4-8-15/h1,3-4,7-8,13-14,16H,2,5-6,9-10H2. The molecule has 1 fully saturated rings. The van der Waals surface area contributed by atoms with E-state index >= 15 is 0 Å². The molecule has 0 unspecified atom stereocenters. The normalized spacial score (nSPS) is 15.2. The van der Waals surface area contributed by atoms with Crippen molar-refractivity contribution in [1.82, 2.24) is 0 Å². The Morgan fingerprint density at radius 2 is 1.45 bits per heavy atom. The van der Waals surface area contributed by atoms with Crippen molar-refractivity contribution in [3.63, 3.8) is 0 Å². The van der Waals surface area contributed by atoms with E-state index < -0.39 is 11.6 Å². The van der Waals surface area contributed by atoms with Crippen LogP contribution in [0.2, 0.25) is 0 Å². The molecular formula is C20H18F2. The summed E-state index contributed by atoms with van der Waals surface area (Å²) >= 11 is 0. The minimum atomic E-state index is -0.552.